The van der Waals surface area contributed by atoms with Crippen molar-refractivity contribution in [1.82, 2.24) is 0 Å². The van der Waals surface area contributed by atoms with Gasteiger partial charge in [0, 0.05) is 18.9 Å². The molecule has 0 fully saturated rings. The second kappa shape index (κ2) is 5.80. The molecule has 0 saturated heterocycles. The number of carbonyl (C=O) groups is 1. The highest BCUT2D eigenvalue weighted by Gasteiger charge is 2.14. The van der Waals surface area contributed by atoms with Gasteiger partial charge in [0.15, 0.2) is 0 Å². The quantitative estimate of drug-likeness (QED) is 0.826. The number of aryl methyl sites for hydroxylation is 2. The predicted octanol–water partition coefficient (Wildman–Crippen LogP) is 2.40. The monoisotopic (exact) mass is 219 g/mol. The Labute approximate surface area is 97.9 Å². The van der Waals surface area contributed by atoms with Gasteiger partial charge in [-0.05, 0) is 25.8 Å². The highest BCUT2D eigenvalue weighted by Crippen LogP contribution is 2.12. The van der Waals surface area contributed by atoms with E-state index < -0.39 is 0 Å². The molecule has 2 heteroatoms. The summed E-state index contributed by atoms with van der Waals surface area (Å²) in [5.41, 5.74) is 9.11. The van der Waals surface area contributed by atoms with Gasteiger partial charge in [0.05, 0.1) is 0 Å². The molecule has 1 aromatic rings. The summed E-state index contributed by atoms with van der Waals surface area (Å²) >= 11 is 0. The first-order valence-corrected chi connectivity index (χ1v) is 5.86. The molecule has 1 rings (SSSR count). The molecule has 0 aromatic heterocycles. The summed E-state index contributed by atoms with van der Waals surface area (Å²) in [7, 11) is 0. The molecule has 0 heterocycles. The summed E-state index contributed by atoms with van der Waals surface area (Å²) in [5, 5.41) is 0. The number of Topliss-reactive ketones (excluding diaryl/α,β-unsaturated/α-hetero) is 1. The van der Waals surface area contributed by atoms with E-state index in [1.165, 1.54) is 11.1 Å². The maximum absolute atomic E-state index is 11.9. The second-order valence-electron chi connectivity index (χ2n) is 4.48. The van der Waals surface area contributed by atoms with Crippen LogP contribution in [0.25, 0.3) is 0 Å². The summed E-state index contributed by atoms with van der Waals surface area (Å²) in [4.78, 5) is 11.9. The lowest BCUT2D eigenvalue weighted by Crippen LogP contribution is -2.24. The van der Waals surface area contributed by atoms with E-state index in [4.69, 9.17) is 5.73 Å². The van der Waals surface area contributed by atoms with Crippen LogP contribution in [-0.4, -0.2) is 12.3 Å². The van der Waals surface area contributed by atoms with Crippen LogP contribution in [0.15, 0.2) is 18.2 Å². The van der Waals surface area contributed by atoms with Gasteiger partial charge in [-0.1, -0.05) is 36.2 Å². The molecule has 0 bridgehead atoms. The molecular weight excluding hydrogens is 198 g/mol. The third kappa shape index (κ3) is 3.46. The van der Waals surface area contributed by atoms with E-state index in [0.29, 0.717) is 13.0 Å². The average molecular weight is 219 g/mol. The van der Waals surface area contributed by atoms with Gasteiger partial charge >= 0.3 is 0 Å². The summed E-state index contributed by atoms with van der Waals surface area (Å²) < 4.78 is 0. The molecule has 88 valence electrons. The van der Waals surface area contributed by atoms with Crippen LogP contribution in [0, 0.1) is 19.8 Å². The topological polar surface area (TPSA) is 43.1 Å². The van der Waals surface area contributed by atoms with Gasteiger partial charge in [0.2, 0.25) is 0 Å². The van der Waals surface area contributed by atoms with Crippen LogP contribution < -0.4 is 5.73 Å². The summed E-state index contributed by atoms with van der Waals surface area (Å²) in [6.07, 6.45) is 1.35. The molecule has 2 nitrogen and oxygen atoms in total. The Kier molecular flexibility index (Phi) is 4.69. The highest BCUT2D eigenvalue weighted by molar-refractivity contribution is 5.83. The van der Waals surface area contributed by atoms with Crippen LogP contribution in [0.5, 0.6) is 0 Å². The minimum absolute atomic E-state index is 0.0146. The van der Waals surface area contributed by atoms with E-state index in [2.05, 4.69) is 32.0 Å². The Morgan fingerprint density at radius 3 is 2.25 bits per heavy atom. The minimum atomic E-state index is 0.0146. The lowest BCUT2D eigenvalue weighted by atomic mass is 9.94. The van der Waals surface area contributed by atoms with Gasteiger partial charge in [0.25, 0.3) is 0 Å². The van der Waals surface area contributed by atoms with Crippen LogP contribution in [0.2, 0.25) is 0 Å². The molecule has 0 radical (unpaired) electrons. The van der Waals surface area contributed by atoms with Crippen LogP contribution in [0.4, 0.5) is 0 Å². The Morgan fingerprint density at radius 1 is 1.25 bits per heavy atom. The maximum Gasteiger partial charge on any atom is 0.141 e. The molecule has 1 aromatic carbocycles. The van der Waals surface area contributed by atoms with Crippen molar-refractivity contribution in [1.29, 1.82) is 0 Å². The fourth-order valence-electron chi connectivity index (χ4n) is 2.04. The van der Waals surface area contributed by atoms with Crippen molar-refractivity contribution in [3.05, 3.63) is 34.9 Å². The van der Waals surface area contributed by atoms with Crippen molar-refractivity contribution >= 4 is 5.78 Å². The third-order valence-corrected chi connectivity index (χ3v) is 2.89. The van der Waals surface area contributed by atoms with E-state index in [0.717, 1.165) is 12.0 Å². The summed E-state index contributed by atoms with van der Waals surface area (Å²) in [5.74, 6) is 0.274. The number of rotatable bonds is 5. The zero-order valence-electron chi connectivity index (χ0n) is 10.4. The number of benzene rings is 1. The van der Waals surface area contributed by atoms with Crippen LogP contribution in [-0.2, 0) is 11.2 Å². The number of ketones is 1. The SMILES string of the molecule is CCC(CN)C(=O)Cc1cc(C)cc(C)c1. The van der Waals surface area contributed by atoms with Crippen molar-refractivity contribution in [3.63, 3.8) is 0 Å². The minimum Gasteiger partial charge on any atom is -0.330 e. The first kappa shape index (κ1) is 12.9. The molecule has 16 heavy (non-hydrogen) atoms. The van der Waals surface area contributed by atoms with Gasteiger partial charge in [-0.3, -0.25) is 4.79 Å². The fourth-order valence-corrected chi connectivity index (χ4v) is 2.04. The smallest absolute Gasteiger partial charge is 0.141 e. The summed E-state index contributed by atoms with van der Waals surface area (Å²) in [6, 6.07) is 6.27. The standard InChI is InChI=1S/C14H21NO/c1-4-13(9-15)14(16)8-12-6-10(2)5-11(3)7-12/h5-7,13H,4,8-9,15H2,1-3H3. The Bertz CT molecular complexity index is 347. The Hall–Kier alpha value is -1.15. The molecule has 0 saturated carbocycles. The summed E-state index contributed by atoms with van der Waals surface area (Å²) in [6.45, 7) is 6.58. The number of carbonyl (C=O) groups excluding carboxylic acids is 1. The van der Waals surface area contributed by atoms with Gasteiger partial charge in [-0.2, -0.15) is 0 Å². The van der Waals surface area contributed by atoms with E-state index in [1.807, 2.05) is 6.92 Å². The Morgan fingerprint density at radius 2 is 1.81 bits per heavy atom. The molecular formula is C14H21NO. The van der Waals surface area contributed by atoms with Crippen LogP contribution in [0.3, 0.4) is 0 Å². The average Bonchev–Trinajstić information content (AvgIpc) is 2.17. The first-order chi connectivity index (χ1) is 7.56. The van der Waals surface area contributed by atoms with Crippen LogP contribution in [0.1, 0.15) is 30.0 Å². The Balaban J connectivity index is 2.76. The molecule has 2 N–H and O–H groups in total. The van der Waals surface area contributed by atoms with Crippen molar-refractivity contribution in [2.24, 2.45) is 11.7 Å². The normalized spacial score (nSPS) is 12.5. The van der Waals surface area contributed by atoms with E-state index in [-0.39, 0.29) is 11.7 Å². The van der Waals surface area contributed by atoms with E-state index in [1.54, 1.807) is 0 Å². The maximum atomic E-state index is 11.9. The molecule has 1 unspecified atom stereocenters. The van der Waals surface area contributed by atoms with Gasteiger partial charge in [-0.15, -0.1) is 0 Å². The van der Waals surface area contributed by atoms with Crippen molar-refractivity contribution in [3.8, 4) is 0 Å². The molecule has 0 amide bonds. The highest BCUT2D eigenvalue weighted by atomic mass is 16.1. The van der Waals surface area contributed by atoms with Gasteiger partial charge in [-0.25, -0.2) is 0 Å². The van der Waals surface area contributed by atoms with Crippen molar-refractivity contribution in [2.45, 2.75) is 33.6 Å². The largest absolute Gasteiger partial charge is 0.330 e. The van der Waals surface area contributed by atoms with E-state index >= 15 is 0 Å². The number of nitrogens with two attached hydrogens (primary N) is 1. The van der Waals surface area contributed by atoms with E-state index in [9.17, 15) is 4.79 Å². The zero-order valence-corrected chi connectivity index (χ0v) is 10.4. The number of hydrogen-bond donors (Lipinski definition) is 1. The first-order valence-electron chi connectivity index (χ1n) is 5.86. The number of hydrogen-bond acceptors (Lipinski definition) is 2. The van der Waals surface area contributed by atoms with Crippen molar-refractivity contribution in [2.75, 3.05) is 6.54 Å². The lowest BCUT2D eigenvalue weighted by Gasteiger charge is -2.11. The molecule has 0 aliphatic rings. The van der Waals surface area contributed by atoms with Gasteiger partial charge in [0.1, 0.15) is 5.78 Å². The van der Waals surface area contributed by atoms with Gasteiger partial charge < -0.3 is 5.73 Å². The molecule has 1 atom stereocenters. The predicted molar refractivity (Wildman–Crippen MR) is 67.5 cm³/mol. The molecule has 0 aliphatic heterocycles. The molecule has 0 aliphatic carbocycles. The fraction of sp³-hybridized carbons (Fsp3) is 0.500. The third-order valence-electron chi connectivity index (χ3n) is 2.89. The van der Waals surface area contributed by atoms with Crippen molar-refractivity contribution < 1.29 is 4.79 Å². The zero-order chi connectivity index (χ0) is 12.1. The lowest BCUT2D eigenvalue weighted by molar-refractivity contribution is -0.122. The molecule has 0 spiro atoms. The van der Waals surface area contributed by atoms with Crippen LogP contribution >= 0.6 is 0 Å². The second-order valence-corrected chi connectivity index (χ2v) is 4.48.